The molecule has 0 amide bonds. The zero-order chi connectivity index (χ0) is 17.0. The molecule has 0 aliphatic carbocycles. The quantitative estimate of drug-likeness (QED) is 0.617. The second-order valence-corrected chi connectivity index (χ2v) is 5.92. The molecule has 2 aromatic carbocycles. The summed E-state index contributed by atoms with van der Waals surface area (Å²) in [6.07, 6.45) is -0.0121. The van der Waals surface area contributed by atoms with Gasteiger partial charge in [0.2, 0.25) is 0 Å². The molecule has 0 fully saturated rings. The number of Topliss-reactive ketones (excluding diaryl/α,β-unsaturated/α-hetero) is 1. The fourth-order valence-electron chi connectivity index (χ4n) is 2.57. The van der Waals surface area contributed by atoms with Crippen LogP contribution in [0.1, 0.15) is 40.2 Å². The monoisotopic (exact) mass is 331 g/mol. The molecule has 0 saturated heterocycles. The molecule has 2 rings (SSSR count). The third kappa shape index (κ3) is 4.33. The van der Waals surface area contributed by atoms with Gasteiger partial charge >= 0.3 is 5.97 Å². The average molecular weight is 332 g/mol. The lowest BCUT2D eigenvalue weighted by molar-refractivity contribution is -0.137. The molecule has 3 N–H and O–H groups in total. The van der Waals surface area contributed by atoms with E-state index in [0.717, 1.165) is 5.56 Å². The molecule has 5 heteroatoms. The van der Waals surface area contributed by atoms with Crippen LogP contribution in [0.5, 0.6) is 0 Å². The lowest BCUT2D eigenvalue weighted by Crippen LogP contribution is -2.13. The van der Waals surface area contributed by atoms with Crippen molar-refractivity contribution in [3.05, 3.63) is 64.2 Å². The van der Waals surface area contributed by atoms with E-state index >= 15 is 0 Å². The van der Waals surface area contributed by atoms with Gasteiger partial charge in [-0.3, -0.25) is 9.59 Å². The van der Waals surface area contributed by atoms with Crippen LogP contribution in [0.25, 0.3) is 0 Å². The van der Waals surface area contributed by atoms with Crippen LogP contribution in [0.15, 0.2) is 42.5 Å². The second-order valence-electron chi connectivity index (χ2n) is 5.51. The van der Waals surface area contributed by atoms with Crippen molar-refractivity contribution < 1.29 is 14.7 Å². The van der Waals surface area contributed by atoms with Crippen LogP contribution in [-0.2, 0) is 4.79 Å². The number of rotatable bonds is 6. The molecule has 2 aromatic rings. The standard InChI is InChI=1S/C18H18ClNO3/c1-11-15(9-14(20)10-16(11)19)17(21)7-13(8-18(22)23)12-5-3-2-4-6-12/h2-6,9-10,13H,7-8,20H2,1H3,(H,22,23). The summed E-state index contributed by atoms with van der Waals surface area (Å²) in [5.41, 5.74) is 8.11. The molecule has 23 heavy (non-hydrogen) atoms. The third-order valence-corrected chi connectivity index (χ3v) is 4.18. The molecular formula is C18H18ClNO3. The minimum atomic E-state index is -0.936. The number of carbonyl (C=O) groups is 2. The number of benzene rings is 2. The van der Waals surface area contributed by atoms with Gasteiger partial charge in [0, 0.05) is 28.6 Å². The van der Waals surface area contributed by atoms with E-state index in [1.54, 1.807) is 19.1 Å². The van der Waals surface area contributed by atoms with Gasteiger partial charge in [-0.1, -0.05) is 41.9 Å². The fraction of sp³-hybridized carbons (Fsp3) is 0.222. The normalized spacial score (nSPS) is 11.9. The van der Waals surface area contributed by atoms with E-state index in [2.05, 4.69) is 0 Å². The van der Waals surface area contributed by atoms with Gasteiger partial charge in [0.15, 0.2) is 5.78 Å². The van der Waals surface area contributed by atoms with Crippen molar-refractivity contribution in [2.75, 3.05) is 5.73 Å². The molecule has 0 bridgehead atoms. The lowest BCUT2D eigenvalue weighted by atomic mass is 9.88. The zero-order valence-corrected chi connectivity index (χ0v) is 13.5. The second kappa shape index (κ2) is 7.29. The van der Waals surface area contributed by atoms with Crippen LogP contribution in [0, 0.1) is 6.92 Å². The van der Waals surface area contributed by atoms with Gasteiger partial charge in [-0.15, -0.1) is 0 Å². The van der Waals surface area contributed by atoms with Gasteiger partial charge in [-0.2, -0.15) is 0 Å². The summed E-state index contributed by atoms with van der Waals surface area (Å²) >= 11 is 6.07. The van der Waals surface area contributed by atoms with Crippen molar-refractivity contribution in [3.63, 3.8) is 0 Å². The van der Waals surface area contributed by atoms with Gasteiger partial charge in [0.1, 0.15) is 0 Å². The third-order valence-electron chi connectivity index (χ3n) is 3.79. The Balaban J connectivity index is 2.30. The molecule has 0 aliphatic heterocycles. The van der Waals surface area contributed by atoms with E-state index in [9.17, 15) is 9.59 Å². The summed E-state index contributed by atoms with van der Waals surface area (Å²) in [5.74, 6) is -1.48. The highest BCUT2D eigenvalue weighted by Gasteiger charge is 2.22. The number of hydrogen-bond donors (Lipinski definition) is 2. The molecule has 4 nitrogen and oxygen atoms in total. The van der Waals surface area contributed by atoms with Crippen molar-refractivity contribution in [2.24, 2.45) is 0 Å². The number of hydrogen-bond acceptors (Lipinski definition) is 3. The molecule has 0 aliphatic rings. The molecule has 0 radical (unpaired) electrons. The highest BCUT2D eigenvalue weighted by atomic mass is 35.5. The molecule has 0 saturated carbocycles. The van der Waals surface area contributed by atoms with Crippen molar-refractivity contribution >= 4 is 29.0 Å². The van der Waals surface area contributed by atoms with Crippen LogP contribution in [0.2, 0.25) is 5.02 Å². The van der Waals surface area contributed by atoms with Gasteiger partial charge in [-0.25, -0.2) is 0 Å². The van der Waals surface area contributed by atoms with Crippen molar-refractivity contribution in [1.29, 1.82) is 0 Å². The number of carbonyl (C=O) groups excluding carboxylic acids is 1. The highest BCUT2D eigenvalue weighted by Crippen LogP contribution is 2.29. The molecule has 0 aromatic heterocycles. The van der Waals surface area contributed by atoms with E-state index in [1.807, 2.05) is 30.3 Å². The van der Waals surface area contributed by atoms with Crippen LogP contribution in [0.3, 0.4) is 0 Å². The Labute approximate surface area is 139 Å². The van der Waals surface area contributed by atoms with Gasteiger partial charge in [0.05, 0.1) is 6.42 Å². The van der Waals surface area contributed by atoms with Gasteiger partial charge in [0.25, 0.3) is 0 Å². The van der Waals surface area contributed by atoms with Crippen LogP contribution in [-0.4, -0.2) is 16.9 Å². The number of carboxylic acids is 1. The Bertz CT molecular complexity index is 729. The highest BCUT2D eigenvalue weighted by molar-refractivity contribution is 6.32. The Morgan fingerprint density at radius 1 is 1.17 bits per heavy atom. The molecule has 0 heterocycles. The summed E-state index contributed by atoms with van der Waals surface area (Å²) in [5, 5.41) is 9.55. The summed E-state index contributed by atoms with van der Waals surface area (Å²) in [6.45, 7) is 1.75. The van der Waals surface area contributed by atoms with E-state index in [-0.39, 0.29) is 24.5 Å². The van der Waals surface area contributed by atoms with Gasteiger partial charge < -0.3 is 10.8 Å². The molecule has 120 valence electrons. The predicted molar refractivity (Wildman–Crippen MR) is 91.0 cm³/mol. The number of anilines is 1. The first-order chi connectivity index (χ1) is 10.9. The lowest BCUT2D eigenvalue weighted by Gasteiger charge is -2.16. The first kappa shape index (κ1) is 17.0. The maximum Gasteiger partial charge on any atom is 0.303 e. The first-order valence-electron chi connectivity index (χ1n) is 7.24. The fourth-order valence-corrected chi connectivity index (χ4v) is 2.79. The zero-order valence-electron chi connectivity index (χ0n) is 12.8. The number of nitrogen functional groups attached to an aromatic ring is 1. The summed E-state index contributed by atoms with van der Waals surface area (Å²) < 4.78 is 0. The number of carboxylic acid groups (broad SMARTS) is 1. The van der Waals surface area contributed by atoms with Gasteiger partial charge in [-0.05, 0) is 30.2 Å². The van der Waals surface area contributed by atoms with E-state index in [4.69, 9.17) is 22.4 Å². The maximum absolute atomic E-state index is 12.6. The number of aliphatic carboxylic acids is 1. The smallest absolute Gasteiger partial charge is 0.303 e. The van der Waals surface area contributed by atoms with Crippen molar-refractivity contribution in [3.8, 4) is 0 Å². The van der Waals surface area contributed by atoms with E-state index in [1.165, 1.54) is 0 Å². The van der Waals surface area contributed by atoms with E-state index in [0.29, 0.717) is 21.8 Å². The topological polar surface area (TPSA) is 80.4 Å². The molecular weight excluding hydrogens is 314 g/mol. The number of nitrogens with two attached hydrogens (primary N) is 1. The summed E-state index contributed by atoms with van der Waals surface area (Å²) in [4.78, 5) is 23.8. The minimum absolute atomic E-state index is 0.0942. The Kier molecular flexibility index (Phi) is 5.40. The van der Waals surface area contributed by atoms with Crippen LogP contribution < -0.4 is 5.73 Å². The first-order valence-corrected chi connectivity index (χ1v) is 7.62. The predicted octanol–water partition coefficient (Wildman–Crippen LogP) is 4.06. The largest absolute Gasteiger partial charge is 0.481 e. The maximum atomic E-state index is 12.6. The SMILES string of the molecule is Cc1c(Cl)cc(N)cc1C(=O)CC(CC(=O)O)c1ccccc1. The number of ketones is 1. The van der Waals surface area contributed by atoms with Crippen LogP contribution in [0.4, 0.5) is 5.69 Å². The van der Waals surface area contributed by atoms with E-state index < -0.39 is 5.97 Å². The Hall–Kier alpha value is -2.33. The summed E-state index contributed by atoms with van der Waals surface area (Å²) in [6, 6.07) is 12.4. The average Bonchev–Trinajstić information content (AvgIpc) is 2.50. The van der Waals surface area contributed by atoms with Crippen molar-refractivity contribution in [1.82, 2.24) is 0 Å². The summed E-state index contributed by atoms with van der Waals surface area (Å²) in [7, 11) is 0. The molecule has 1 atom stereocenters. The molecule has 1 unspecified atom stereocenters. The number of halogens is 1. The van der Waals surface area contributed by atoms with Crippen molar-refractivity contribution in [2.45, 2.75) is 25.7 Å². The molecule has 0 spiro atoms. The minimum Gasteiger partial charge on any atom is -0.481 e. The Morgan fingerprint density at radius 3 is 2.43 bits per heavy atom. The van der Waals surface area contributed by atoms with Crippen LogP contribution >= 0.6 is 11.6 Å². The Morgan fingerprint density at radius 2 is 1.83 bits per heavy atom.